The van der Waals surface area contributed by atoms with Gasteiger partial charge in [-0.2, -0.15) is 0 Å². The third-order valence-corrected chi connectivity index (χ3v) is 4.27. The topological polar surface area (TPSA) is 29.5 Å². The second-order valence-electron chi connectivity index (χ2n) is 4.88. The van der Waals surface area contributed by atoms with Gasteiger partial charge in [0.05, 0.1) is 5.56 Å². The van der Waals surface area contributed by atoms with Crippen LogP contribution in [-0.4, -0.2) is 31.0 Å². The smallest absolute Gasteiger partial charge is 0.339 e. The number of nitrogens with zero attached hydrogens (tertiary/aromatic N) is 1. The van der Waals surface area contributed by atoms with Crippen LogP contribution in [0.2, 0.25) is 0 Å². The van der Waals surface area contributed by atoms with Crippen LogP contribution in [0.5, 0.6) is 0 Å². The first-order valence-corrected chi connectivity index (χ1v) is 6.62. The predicted octanol–water partition coefficient (Wildman–Crippen LogP) is 2.54. The van der Waals surface area contributed by atoms with Gasteiger partial charge in [0.25, 0.3) is 0 Å². The Kier molecular flexibility index (Phi) is 2.52. The normalized spacial score (nSPS) is 22.6. The summed E-state index contributed by atoms with van der Waals surface area (Å²) >= 11 is 3.40. The summed E-state index contributed by atoms with van der Waals surface area (Å²) in [6, 6.07) is 5.88. The highest BCUT2D eigenvalue weighted by molar-refractivity contribution is 9.10. The molecule has 1 aromatic carbocycles. The molecule has 17 heavy (non-hydrogen) atoms. The van der Waals surface area contributed by atoms with Crippen LogP contribution in [-0.2, 0) is 10.3 Å². The third kappa shape index (κ3) is 1.70. The van der Waals surface area contributed by atoms with E-state index in [4.69, 9.17) is 4.74 Å². The number of ether oxygens (including phenoxy) is 1. The van der Waals surface area contributed by atoms with Gasteiger partial charge in [0, 0.05) is 36.0 Å². The van der Waals surface area contributed by atoms with Crippen LogP contribution in [0.15, 0.2) is 22.7 Å². The predicted molar refractivity (Wildman–Crippen MR) is 68.0 cm³/mol. The number of piperidine rings is 1. The minimum atomic E-state index is -0.361. The summed E-state index contributed by atoms with van der Waals surface area (Å²) in [6.07, 6.45) is 1.79. The van der Waals surface area contributed by atoms with Crippen molar-refractivity contribution in [1.29, 1.82) is 0 Å². The van der Waals surface area contributed by atoms with E-state index in [0.717, 1.165) is 41.5 Å². The number of esters is 1. The molecule has 3 rings (SSSR count). The molecule has 3 nitrogen and oxygen atoms in total. The standard InChI is InChI=1S/C13H14BrNO2/c1-15-6-4-13(5-7-15)11-3-2-9(14)8-10(11)12(16)17-13/h2-3,8H,4-7H2,1H3. The number of carbonyl (C=O) groups excluding carboxylic acids is 1. The first-order valence-electron chi connectivity index (χ1n) is 5.83. The Morgan fingerprint density at radius 3 is 2.76 bits per heavy atom. The van der Waals surface area contributed by atoms with Crippen LogP contribution in [0, 0.1) is 0 Å². The fourth-order valence-electron chi connectivity index (χ4n) is 2.72. The SMILES string of the molecule is CN1CCC2(CC1)OC(=O)c1cc(Br)ccc12. The van der Waals surface area contributed by atoms with Crippen molar-refractivity contribution in [2.45, 2.75) is 18.4 Å². The lowest BCUT2D eigenvalue weighted by molar-refractivity contribution is -0.0394. The molecule has 4 heteroatoms. The van der Waals surface area contributed by atoms with Crippen molar-refractivity contribution in [2.24, 2.45) is 0 Å². The van der Waals surface area contributed by atoms with Gasteiger partial charge < -0.3 is 9.64 Å². The Balaban J connectivity index is 2.04. The molecule has 0 saturated carbocycles. The van der Waals surface area contributed by atoms with Gasteiger partial charge in [0.1, 0.15) is 5.60 Å². The quantitative estimate of drug-likeness (QED) is 0.689. The van der Waals surface area contributed by atoms with Gasteiger partial charge in [-0.05, 0) is 19.2 Å². The minimum absolute atomic E-state index is 0.175. The summed E-state index contributed by atoms with van der Waals surface area (Å²) in [5.41, 5.74) is 1.43. The van der Waals surface area contributed by atoms with Crippen molar-refractivity contribution in [3.05, 3.63) is 33.8 Å². The zero-order chi connectivity index (χ0) is 12.0. The molecular formula is C13H14BrNO2. The van der Waals surface area contributed by atoms with Crippen molar-refractivity contribution in [3.8, 4) is 0 Å². The molecule has 0 radical (unpaired) electrons. The Bertz CT molecular complexity index is 478. The average Bonchev–Trinajstić information content (AvgIpc) is 2.57. The van der Waals surface area contributed by atoms with Gasteiger partial charge in [0.15, 0.2) is 0 Å². The molecule has 0 N–H and O–H groups in total. The molecule has 0 aliphatic carbocycles. The molecule has 1 spiro atoms. The van der Waals surface area contributed by atoms with E-state index in [1.165, 1.54) is 0 Å². The summed E-state index contributed by atoms with van der Waals surface area (Å²) < 4.78 is 6.61. The highest BCUT2D eigenvalue weighted by atomic mass is 79.9. The number of hydrogen-bond donors (Lipinski definition) is 0. The summed E-state index contributed by atoms with van der Waals surface area (Å²) in [7, 11) is 2.10. The fourth-order valence-corrected chi connectivity index (χ4v) is 3.08. The Hall–Kier alpha value is -0.870. The number of rotatable bonds is 0. The zero-order valence-electron chi connectivity index (χ0n) is 9.70. The Labute approximate surface area is 109 Å². The molecule has 0 amide bonds. The van der Waals surface area contributed by atoms with Crippen molar-refractivity contribution in [1.82, 2.24) is 4.90 Å². The van der Waals surface area contributed by atoms with E-state index in [-0.39, 0.29) is 11.6 Å². The van der Waals surface area contributed by atoms with E-state index in [1.807, 2.05) is 18.2 Å². The van der Waals surface area contributed by atoms with Crippen LogP contribution in [0.3, 0.4) is 0 Å². The highest BCUT2D eigenvalue weighted by Gasteiger charge is 2.46. The lowest BCUT2D eigenvalue weighted by Crippen LogP contribution is -2.40. The van der Waals surface area contributed by atoms with E-state index in [0.29, 0.717) is 0 Å². The minimum Gasteiger partial charge on any atom is -0.450 e. The number of carbonyl (C=O) groups is 1. The Morgan fingerprint density at radius 1 is 1.35 bits per heavy atom. The second-order valence-corrected chi connectivity index (χ2v) is 5.79. The van der Waals surface area contributed by atoms with Crippen molar-refractivity contribution >= 4 is 21.9 Å². The maximum absolute atomic E-state index is 11.9. The zero-order valence-corrected chi connectivity index (χ0v) is 11.3. The molecule has 1 fully saturated rings. The molecule has 2 aliphatic rings. The maximum atomic E-state index is 11.9. The van der Waals surface area contributed by atoms with Gasteiger partial charge in [-0.25, -0.2) is 4.79 Å². The van der Waals surface area contributed by atoms with E-state index in [9.17, 15) is 4.79 Å². The van der Waals surface area contributed by atoms with Crippen LogP contribution in [0.25, 0.3) is 0 Å². The molecule has 2 aliphatic heterocycles. The van der Waals surface area contributed by atoms with E-state index >= 15 is 0 Å². The number of fused-ring (bicyclic) bond motifs is 2. The number of likely N-dealkylation sites (tertiary alicyclic amines) is 1. The van der Waals surface area contributed by atoms with Gasteiger partial charge in [-0.15, -0.1) is 0 Å². The van der Waals surface area contributed by atoms with E-state index in [1.54, 1.807) is 0 Å². The van der Waals surface area contributed by atoms with Crippen LogP contribution in [0.1, 0.15) is 28.8 Å². The third-order valence-electron chi connectivity index (χ3n) is 3.78. The summed E-state index contributed by atoms with van der Waals surface area (Å²) in [4.78, 5) is 14.2. The van der Waals surface area contributed by atoms with Crippen LogP contribution >= 0.6 is 15.9 Å². The van der Waals surface area contributed by atoms with Gasteiger partial charge >= 0.3 is 5.97 Å². The van der Waals surface area contributed by atoms with Crippen LogP contribution < -0.4 is 0 Å². The summed E-state index contributed by atoms with van der Waals surface area (Å²) in [5, 5.41) is 0. The largest absolute Gasteiger partial charge is 0.450 e. The van der Waals surface area contributed by atoms with E-state index < -0.39 is 0 Å². The first-order chi connectivity index (χ1) is 8.11. The van der Waals surface area contributed by atoms with Gasteiger partial charge in [-0.1, -0.05) is 22.0 Å². The molecule has 0 aromatic heterocycles. The van der Waals surface area contributed by atoms with Crippen molar-refractivity contribution in [3.63, 3.8) is 0 Å². The van der Waals surface area contributed by atoms with Gasteiger partial charge in [-0.3, -0.25) is 0 Å². The van der Waals surface area contributed by atoms with Crippen molar-refractivity contribution in [2.75, 3.05) is 20.1 Å². The number of hydrogen-bond acceptors (Lipinski definition) is 3. The fraction of sp³-hybridized carbons (Fsp3) is 0.462. The molecule has 0 unspecified atom stereocenters. The molecule has 2 heterocycles. The molecule has 90 valence electrons. The molecule has 0 atom stereocenters. The number of benzene rings is 1. The molecule has 0 bridgehead atoms. The molecule has 1 aromatic rings. The maximum Gasteiger partial charge on any atom is 0.339 e. The molecular weight excluding hydrogens is 282 g/mol. The first kappa shape index (κ1) is 11.2. The summed E-state index contributed by atoms with van der Waals surface area (Å²) in [6.45, 7) is 1.95. The number of halogens is 1. The highest BCUT2D eigenvalue weighted by Crippen LogP contribution is 2.44. The van der Waals surface area contributed by atoms with Crippen molar-refractivity contribution < 1.29 is 9.53 Å². The monoisotopic (exact) mass is 295 g/mol. The Morgan fingerprint density at radius 2 is 2.06 bits per heavy atom. The van der Waals surface area contributed by atoms with E-state index in [2.05, 4.69) is 27.9 Å². The second kappa shape index (κ2) is 3.82. The van der Waals surface area contributed by atoms with Gasteiger partial charge in [0.2, 0.25) is 0 Å². The average molecular weight is 296 g/mol. The lowest BCUT2D eigenvalue weighted by Gasteiger charge is -2.36. The summed E-state index contributed by atoms with van der Waals surface area (Å²) in [5.74, 6) is -0.175. The van der Waals surface area contributed by atoms with Crippen LogP contribution in [0.4, 0.5) is 0 Å². The molecule has 1 saturated heterocycles. The lowest BCUT2D eigenvalue weighted by atomic mass is 9.84.